The van der Waals surface area contributed by atoms with Crippen molar-refractivity contribution in [3.05, 3.63) is 125 Å². The Morgan fingerprint density at radius 3 is 2.00 bits per heavy atom. The minimum absolute atomic E-state index is 0.196. The Morgan fingerprint density at radius 1 is 0.784 bits per heavy atom. The van der Waals surface area contributed by atoms with Gasteiger partial charge >= 0.3 is 0 Å². The van der Waals surface area contributed by atoms with Crippen molar-refractivity contribution in [3.8, 4) is 0 Å². The van der Waals surface area contributed by atoms with Crippen LogP contribution in [0.5, 0.6) is 0 Å². The van der Waals surface area contributed by atoms with Gasteiger partial charge in [-0.05, 0) is 71.3 Å². The van der Waals surface area contributed by atoms with E-state index in [9.17, 15) is 0 Å². The molecule has 0 spiro atoms. The lowest BCUT2D eigenvalue weighted by Gasteiger charge is -2.27. The molecule has 0 fully saturated rings. The lowest BCUT2D eigenvalue weighted by molar-refractivity contribution is -0.687. The Bertz CT molecular complexity index is 1240. The van der Waals surface area contributed by atoms with E-state index in [4.69, 9.17) is 0 Å². The van der Waals surface area contributed by atoms with Crippen molar-refractivity contribution >= 4 is 0 Å². The molecular weight excluding hydrogens is 448 g/mol. The number of aromatic nitrogens is 2. The van der Waals surface area contributed by atoms with Crippen LogP contribution in [0.2, 0.25) is 0 Å². The van der Waals surface area contributed by atoms with Crippen LogP contribution in [0.3, 0.4) is 0 Å². The predicted molar refractivity (Wildman–Crippen MR) is 156 cm³/mol. The van der Waals surface area contributed by atoms with E-state index in [1.165, 1.54) is 52.6 Å². The highest BCUT2D eigenvalue weighted by atomic mass is 15.1. The van der Waals surface area contributed by atoms with Crippen molar-refractivity contribution in [3.63, 3.8) is 0 Å². The standard InChI is InChI=1S/C35H45N2/c1-7-28(3)32-14-10-30(11-15-32)24-36-22-23-37(26-36)25-31-12-16-33(17-13-31)29(4)20-21-35(5,6)34-18-8-27(2)9-19-34/h8-19,22-23,26,28-29H,7,20-21,24-25H2,1-6H3/q+1. The third-order valence-corrected chi connectivity index (χ3v) is 8.22. The molecule has 0 radical (unpaired) electrons. The average Bonchev–Trinajstić information content (AvgIpc) is 3.34. The molecule has 0 N–H and O–H groups in total. The molecule has 0 amide bonds. The maximum atomic E-state index is 2.37. The molecule has 2 heteroatoms. The van der Waals surface area contributed by atoms with Crippen LogP contribution >= 0.6 is 0 Å². The second kappa shape index (κ2) is 11.9. The quantitative estimate of drug-likeness (QED) is 0.185. The average molecular weight is 494 g/mol. The molecule has 4 aromatic rings. The van der Waals surface area contributed by atoms with E-state index >= 15 is 0 Å². The number of benzene rings is 3. The maximum Gasteiger partial charge on any atom is 0.244 e. The minimum atomic E-state index is 0.196. The van der Waals surface area contributed by atoms with Crippen LogP contribution in [0.25, 0.3) is 0 Å². The predicted octanol–water partition coefficient (Wildman–Crippen LogP) is 8.56. The Kier molecular flexibility index (Phi) is 8.69. The highest BCUT2D eigenvalue weighted by Crippen LogP contribution is 2.33. The number of aryl methyl sites for hydroxylation is 1. The number of nitrogens with zero attached hydrogens (tertiary/aromatic N) is 2. The molecule has 37 heavy (non-hydrogen) atoms. The van der Waals surface area contributed by atoms with Gasteiger partial charge in [-0.1, -0.05) is 113 Å². The normalized spacial score (nSPS) is 13.5. The zero-order chi connectivity index (χ0) is 26.4. The minimum Gasteiger partial charge on any atom is -0.233 e. The summed E-state index contributed by atoms with van der Waals surface area (Å²) in [6.07, 6.45) is 10.1. The highest BCUT2D eigenvalue weighted by Gasteiger charge is 2.21. The third kappa shape index (κ3) is 7.22. The van der Waals surface area contributed by atoms with Crippen LogP contribution in [0.15, 0.2) is 91.5 Å². The first-order valence-electron chi connectivity index (χ1n) is 14.0. The molecular formula is C35H45N2+. The first kappa shape index (κ1) is 26.9. The number of rotatable bonds is 11. The number of hydrogen-bond donors (Lipinski definition) is 0. The van der Waals surface area contributed by atoms with Gasteiger partial charge in [-0.3, -0.25) is 0 Å². The summed E-state index contributed by atoms with van der Waals surface area (Å²) >= 11 is 0. The van der Waals surface area contributed by atoms with Crippen LogP contribution in [-0.4, -0.2) is 4.57 Å². The van der Waals surface area contributed by atoms with E-state index in [2.05, 4.69) is 142 Å². The molecule has 2 nitrogen and oxygen atoms in total. The fraction of sp³-hybridized carbons (Fsp3) is 0.400. The van der Waals surface area contributed by atoms with Gasteiger partial charge in [-0.2, -0.15) is 0 Å². The second-order valence-corrected chi connectivity index (χ2v) is 11.7. The summed E-state index contributed by atoms with van der Waals surface area (Å²) in [5.41, 5.74) is 8.52. The maximum absolute atomic E-state index is 2.37. The number of hydrogen-bond acceptors (Lipinski definition) is 0. The Hall–Kier alpha value is -3.13. The molecule has 1 aromatic heterocycles. The molecule has 2 atom stereocenters. The second-order valence-electron chi connectivity index (χ2n) is 11.7. The SMILES string of the molecule is CCC(C)c1ccc(Cn2cc[n+](Cc3ccc(C(C)CCC(C)(C)c4ccc(C)cc4)cc3)c2)cc1. The van der Waals surface area contributed by atoms with Gasteiger partial charge in [0.1, 0.15) is 25.5 Å². The van der Waals surface area contributed by atoms with E-state index in [0.717, 1.165) is 13.1 Å². The smallest absolute Gasteiger partial charge is 0.233 e. The molecule has 0 saturated heterocycles. The first-order valence-corrected chi connectivity index (χ1v) is 14.0. The van der Waals surface area contributed by atoms with Crippen molar-refractivity contribution in [2.45, 2.75) is 91.1 Å². The van der Waals surface area contributed by atoms with E-state index < -0.39 is 0 Å². The van der Waals surface area contributed by atoms with Crippen molar-refractivity contribution in [2.75, 3.05) is 0 Å². The Balaban J connectivity index is 1.30. The molecule has 0 aliphatic rings. The fourth-order valence-corrected chi connectivity index (χ4v) is 5.08. The van der Waals surface area contributed by atoms with E-state index in [1.807, 2.05) is 0 Å². The van der Waals surface area contributed by atoms with Crippen molar-refractivity contribution in [1.82, 2.24) is 4.57 Å². The van der Waals surface area contributed by atoms with Crippen molar-refractivity contribution in [1.29, 1.82) is 0 Å². The van der Waals surface area contributed by atoms with Crippen LogP contribution in [0.4, 0.5) is 0 Å². The molecule has 1 heterocycles. The summed E-state index contributed by atoms with van der Waals surface area (Å²) < 4.78 is 4.54. The molecule has 0 aliphatic heterocycles. The monoisotopic (exact) mass is 493 g/mol. The molecule has 0 saturated carbocycles. The van der Waals surface area contributed by atoms with E-state index in [-0.39, 0.29) is 5.41 Å². The first-order chi connectivity index (χ1) is 17.7. The van der Waals surface area contributed by atoms with E-state index in [0.29, 0.717) is 11.8 Å². The topological polar surface area (TPSA) is 8.81 Å². The van der Waals surface area contributed by atoms with Gasteiger partial charge in [0.2, 0.25) is 6.33 Å². The summed E-state index contributed by atoms with van der Waals surface area (Å²) in [4.78, 5) is 0. The zero-order valence-electron chi connectivity index (χ0n) is 23.7. The summed E-state index contributed by atoms with van der Waals surface area (Å²) in [7, 11) is 0. The summed E-state index contributed by atoms with van der Waals surface area (Å²) in [5, 5.41) is 0. The van der Waals surface area contributed by atoms with Crippen LogP contribution in [-0.2, 0) is 18.5 Å². The molecule has 0 bridgehead atoms. The molecule has 2 unspecified atom stereocenters. The molecule has 0 aliphatic carbocycles. The van der Waals surface area contributed by atoms with Gasteiger partial charge in [0.05, 0.1) is 0 Å². The highest BCUT2D eigenvalue weighted by molar-refractivity contribution is 5.29. The fourth-order valence-electron chi connectivity index (χ4n) is 5.08. The third-order valence-electron chi connectivity index (χ3n) is 8.22. The lowest BCUT2D eigenvalue weighted by Crippen LogP contribution is -2.31. The van der Waals surface area contributed by atoms with Gasteiger partial charge in [0.25, 0.3) is 0 Å². The zero-order valence-corrected chi connectivity index (χ0v) is 23.7. The molecule has 194 valence electrons. The summed E-state index contributed by atoms with van der Waals surface area (Å²) in [5.74, 6) is 1.18. The van der Waals surface area contributed by atoms with Crippen molar-refractivity contribution < 1.29 is 4.57 Å². The Morgan fingerprint density at radius 2 is 1.38 bits per heavy atom. The molecule has 4 rings (SSSR count). The molecule has 3 aromatic carbocycles. The van der Waals surface area contributed by atoms with E-state index in [1.54, 1.807) is 0 Å². The van der Waals surface area contributed by atoms with Gasteiger partial charge in [-0.15, -0.1) is 0 Å². The Labute approximate surface area is 225 Å². The van der Waals surface area contributed by atoms with Gasteiger partial charge < -0.3 is 0 Å². The van der Waals surface area contributed by atoms with Gasteiger partial charge in [0.15, 0.2) is 0 Å². The van der Waals surface area contributed by atoms with Crippen LogP contribution < -0.4 is 4.57 Å². The van der Waals surface area contributed by atoms with Crippen LogP contribution in [0.1, 0.15) is 99.1 Å². The summed E-state index contributed by atoms with van der Waals surface area (Å²) in [6, 6.07) is 27.4. The lowest BCUT2D eigenvalue weighted by atomic mass is 9.78. The van der Waals surface area contributed by atoms with Crippen LogP contribution in [0, 0.1) is 6.92 Å². The van der Waals surface area contributed by atoms with Gasteiger partial charge in [0, 0.05) is 0 Å². The van der Waals surface area contributed by atoms with Crippen molar-refractivity contribution in [2.24, 2.45) is 0 Å². The van der Waals surface area contributed by atoms with Gasteiger partial charge in [-0.25, -0.2) is 9.13 Å². The summed E-state index contributed by atoms with van der Waals surface area (Å²) in [6.45, 7) is 15.6. The largest absolute Gasteiger partial charge is 0.244 e. The number of imidazole rings is 1.